The predicted octanol–water partition coefficient (Wildman–Crippen LogP) is 5.04. The second-order valence-corrected chi connectivity index (χ2v) is 15.5. The third kappa shape index (κ3) is 6.15. The van der Waals surface area contributed by atoms with Crippen molar-refractivity contribution in [3.05, 3.63) is 71.0 Å². The second kappa shape index (κ2) is 12.0. The van der Waals surface area contributed by atoms with E-state index in [-0.39, 0.29) is 47.3 Å². The number of anilines is 1. The highest BCUT2D eigenvalue weighted by atomic mass is 19.1. The lowest BCUT2D eigenvalue weighted by molar-refractivity contribution is -0.147. The minimum Gasteiger partial charge on any atom is -0.340 e. The molecule has 1 saturated heterocycles. The van der Waals surface area contributed by atoms with Crippen molar-refractivity contribution in [1.82, 2.24) is 24.9 Å². The number of likely N-dealkylation sites (tertiary alicyclic amines) is 1. The van der Waals surface area contributed by atoms with Crippen LogP contribution in [0.25, 0.3) is 15.7 Å². The molecule has 4 atom stereocenters. The summed E-state index contributed by atoms with van der Waals surface area (Å²) in [5, 5.41) is 10.7. The molecule has 2 aliphatic carbocycles. The average Bonchev–Trinajstić information content (AvgIpc) is 3.98. The van der Waals surface area contributed by atoms with Crippen LogP contribution in [-0.2, 0) is 19.8 Å². The summed E-state index contributed by atoms with van der Waals surface area (Å²) in [6, 6.07) is 8.46. The molecule has 2 saturated carbocycles. The first-order valence-electron chi connectivity index (χ1n) is 17.1. The number of aromatic nitrogens is 2. The van der Waals surface area contributed by atoms with Gasteiger partial charge in [-0.3, -0.25) is 33.6 Å². The van der Waals surface area contributed by atoms with Crippen molar-refractivity contribution in [2.45, 2.75) is 95.4 Å². The number of hydrogen-bond acceptors (Lipinski definition) is 5. The van der Waals surface area contributed by atoms with Gasteiger partial charge in [0.05, 0.1) is 12.5 Å². The molecule has 4 amide bonds. The van der Waals surface area contributed by atoms with Gasteiger partial charge in [-0.2, -0.15) is 5.10 Å². The van der Waals surface area contributed by atoms with E-state index in [1.54, 1.807) is 24.0 Å². The van der Waals surface area contributed by atoms with E-state index in [1.165, 1.54) is 9.80 Å². The van der Waals surface area contributed by atoms with Crippen LogP contribution in [0.5, 0.6) is 0 Å². The van der Waals surface area contributed by atoms with Crippen LogP contribution in [0, 0.1) is 23.7 Å². The first kappa shape index (κ1) is 32.7. The monoisotopic (exact) mass is 667 g/mol. The third-order valence-electron chi connectivity index (χ3n) is 10.4. The van der Waals surface area contributed by atoms with Crippen molar-refractivity contribution in [1.29, 1.82) is 0 Å². The van der Waals surface area contributed by atoms with E-state index in [4.69, 9.17) is 6.57 Å². The fourth-order valence-corrected chi connectivity index (χ4v) is 7.44. The normalized spacial score (nSPS) is 22.8. The van der Waals surface area contributed by atoms with Gasteiger partial charge in [-0.1, -0.05) is 51.8 Å². The Hall–Kier alpha value is -4.79. The molecule has 0 radical (unpaired) electrons. The lowest BCUT2D eigenvalue weighted by Gasteiger charge is -2.36. The number of nitrogens with one attached hydrogen (secondary N) is 2. The van der Waals surface area contributed by atoms with Crippen molar-refractivity contribution in [2.75, 3.05) is 18.9 Å². The largest absolute Gasteiger partial charge is 0.340 e. The fraction of sp³-hybridized carbons (Fsp3) is 0.514. The molecular weight excluding hydrogens is 625 g/mol. The maximum Gasteiger partial charge on any atom is 0.302 e. The molecule has 11 nitrogen and oxygen atoms in total. The Bertz CT molecular complexity index is 1900. The van der Waals surface area contributed by atoms with Crippen LogP contribution in [0.4, 0.5) is 10.1 Å². The van der Waals surface area contributed by atoms with Gasteiger partial charge in [0.2, 0.25) is 11.8 Å². The lowest BCUT2D eigenvalue weighted by Crippen LogP contribution is -2.56. The first-order valence-corrected chi connectivity index (χ1v) is 17.1. The zero-order valence-corrected chi connectivity index (χ0v) is 28.3. The van der Waals surface area contributed by atoms with Gasteiger partial charge in [0.1, 0.15) is 23.0 Å². The summed E-state index contributed by atoms with van der Waals surface area (Å²) in [4.78, 5) is 62.5. The van der Waals surface area contributed by atoms with Crippen LogP contribution >= 0.6 is 0 Å². The Morgan fingerprint density at radius 3 is 2.59 bits per heavy atom. The van der Waals surface area contributed by atoms with Crippen molar-refractivity contribution >= 4 is 40.2 Å². The summed E-state index contributed by atoms with van der Waals surface area (Å²) in [6.07, 6.45) is 5.55. The van der Waals surface area contributed by atoms with Gasteiger partial charge >= 0.3 is 6.17 Å². The number of amides is 4. The van der Waals surface area contributed by atoms with Crippen LogP contribution in [0.3, 0.4) is 0 Å². The average molecular weight is 668 g/mol. The summed E-state index contributed by atoms with van der Waals surface area (Å²) >= 11 is 0. The van der Waals surface area contributed by atoms with E-state index in [9.17, 15) is 19.2 Å². The zero-order valence-electron chi connectivity index (χ0n) is 28.3. The topological polar surface area (TPSA) is 121 Å². The summed E-state index contributed by atoms with van der Waals surface area (Å²) in [7, 11) is 1.57. The molecule has 0 bridgehead atoms. The fourth-order valence-electron chi connectivity index (χ4n) is 7.44. The van der Waals surface area contributed by atoms with E-state index in [0.29, 0.717) is 23.9 Å². The zero-order chi connectivity index (χ0) is 34.8. The molecule has 2 aliphatic heterocycles. The quantitative estimate of drug-likeness (QED) is 0.310. The summed E-state index contributed by atoms with van der Waals surface area (Å²) in [5.74, 6) is -2.00. The van der Waals surface area contributed by atoms with Gasteiger partial charge < -0.3 is 15.5 Å². The molecule has 1 aromatic heterocycles. The first-order chi connectivity index (χ1) is 23.3. The second-order valence-electron chi connectivity index (χ2n) is 15.5. The molecule has 4 aliphatic rings. The minimum absolute atomic E-state index is 0.0258. The maximum atomic E-state index is 15.1. The molecule has 49 heavy (non-hydrogen) atoms. The Morgan fingerprint density at radius 1 is 1.18 bits per heavy atom. The van der Waals surface area contributed by atoms with Crippen molar-refractivity contribution in [2.24, 2.45) is 11.3 Å². The van der Waals surface area contributed by atoms with Crippen LogP contribution in [0.15, 0.2) is 42.6 Å². The molecule has 3 heterocycles. The number of likely N-dealkylation sites (N-methyl/N-ethyl adjacent to an activating group) is 1. The van der Waals surface area contributed by atoms with E-state index in [1.807, 2.05) is 45.0 Å². The summed E-state index contributed by atoms with van der Waals surface area (Å²) in [6.45, 7) is 13.9. The van der Waals surface area contributed by atoms with Gasteiger partial charge in [-0.25, -0.2) is 11.0 Å². The van der Waals surface area contributed by atoms with Gasteiger partial charge in [0.25, 0.3) is 11.8 Å². The Labute approximate surface area is 285 Å². The van der Waals surface area contributed by atoms with Crippen molar-refractivity contribution < 1.29 is 23.6 Å². The number of nitrogens with zero attached hydrogens (tertiary/aromatic N) is 5. The van der Waals surface area contributed by atoms with E-state index < -0.39 is 47.2 Å². The molecular formula is C37H42FN7O4. The number of fused-ring (bicyclic) bond motifs is 3. The summed E-state index contributed by atoms with van der Waals surface area (Å²) < 4.78 is 16.9. The predicted molar refractivity (Wildman–Crippen MR) is 181 cm³/mol. The lowest BCUT2D eigenvalue weighted by atomic mass is 9.80. The Balaban J connectivity index is 1.14. The molecule has 3 fully saturated rings. The van der Waals surface area contributed by atoms with Crippen LogP contribution in [0.2, 0.25) is 0 Å². The number of halogens is 1. The molecule has 1 spiro atoms. The van der Waals surface area contributed by atoms with Gasteiger partial charge in [0.15, 0.2) is 5.82 Å². The smallest absolute Gasteiger partial charge is 0.302 e. The number of benzene rings is 2. The molecule has 0 unspecified atom stereocenters. The molecule has 2 N–H and O–H groups in total. The van der Waals surface area contributed by atoms with Gasteiger partial charge in [0, 0.05) is 36.4 Å². The standard InChI is InChI=1S/C37H42FN7O4/c1-36(2,3)17-29(34(48)44-20-37(18-30(44)39-4)25-8-6-7-9-27(25)41-35(37)49)43(5)33(47)28(14-21-10-11-21)40-32(46)22-15-23-19-45(24-12-13-24)42-31(23)26(38)16-22/h6-9,15-16,19,21,24,28-30H,10-14,17-18,20H2,1-3,5H3,(H,40,46)(H,41,49)/t28-,29-,30-,37-/m0/s1. The van der Waals surface area contributed by atoms with E-state index >= 15 is 4.39 Å². The van der Waals surface area contributed by atoms with E-state index in [2.05, 4.69) is 20.6 Å². The molecule has 2 aromatic carbocycles. The third-order valence-corrected chi connectivity index (χ3v) is 10.4. The highest BCUT2D eigenvalue weighted by Gasteiger charge is 2.59. The molecule has 12 heteroatoms. The van der Waals surface area contributed by atoms with Crippen molar-refractivity contribution in [3.63, 3.8) is 0 Å². The van der Waals surface area contributed by atoms with Crippen LogP contribution in [-0.4, -0.2) is 75.1 Å². The highest BCUT2D eigenvalue weighted by molar-refractivity contribution is 6.07. The molecule has 3 aromatic rings. The number of para-hydroxylation sites is 1. The highest BCUT2D eigenvalue weighted by Crippen LogP contribution is 2.47. The Kier molecular flexibility index (Phi) is 8.00. The number of hydrogen-bond donors (Lipinski definition) is 2. The number of carbonyl (C=O) groups excluding carboxylic acids is 4. The van der Waals surface area contributed by atoms with Crippen LogP contribution < -0.4 is 10.6 Å². The maximum absolute atomic E-state index is 15.1. The molecule has 256 valence electrons. The number of rotatable bonds is 9. The van der Waals surface area contributed by atoms with Crippen LogP contribution in [0.1, 0.15) is 87.7 Å². The Morgan fingerprint density at radius 2 is 1.92 bits per heavy atom. The summed E-state index contributed by atoms with van der Waals surface area (Å²) in [5.41, 5.74) is 0.309. The SMILES string of the molecule is [C-]#[N+][C@@H]1C[C@@]2(CN1C(=O)[C@H](CC(C)(C)C)N(C)C(=O)[C@H](CC1CC1)NC(=O)c1cc(F)c3nn(C4CC4)cc3c1)C(=O)Nc1ccccc12. The van der Waals surface area contributed by atoms with Gasteiger partial charge in [-0.05, 0) is 60.8 Å². The van der Waals surface area contributed by atoms with E-state index in [0.717, 1.165) is 37.3 Å². The van der Waals surface area contributed by atoms with Gasteiger partial charge in [-0.15, -0.1) is 0 Å². The number of carbonyl (C=O) groups is 4. The van der Waals surface area contributed by atoms with Crippen molar-refractivity contribution in [3.8, 4) is 0 Å². The molecule has 7 rings (SSSR count). The minimum atomic E-state index is -1.05.